The second kappa shape index (κ2) is 6.40. The summed E-state index contributed by atoms with van der Waals surface area (Å²) in [6, 6.07) is 17.8. The first-order valence-corrected chi connectivity index (χ1v) is 8.47. The predicted octanol–water partition coefficient (Wildman–Crippen LogP) is 4.60. The minimum atomic E-state index is -0.0608. The Hall–Kier alpha value is -3.14. The molecule has 0 aliphatic carbocycles. The second-order valence-corrected chi connectivity index (χ2v) is 6.15. The van der Waals surface area contributed by atoms with Gasteiger partial charge in [-0.2, -0.15) is 0 Å². The van der Waals surface area contributed by atoms with E-state index in [-0.39, 0.29) is 11.9 Å². The first kappa shape index (κ1) is 15.4. The maximum absolute atomic E-state index is 12.7. The molecular weight excluding hydrogens is 310 g/mol. The lowest BCUT2D eigenvalue weighted by atomic mass is 10.0. The van der Waals surface area contributed by atoms with Crippen LogP contribution in [0.5, 0.6) is 0 Å². The summed E-state index contributed by atoms with van der Waals surface area (Å²) in [6.45, 7) is 2.08. The third kappa shape index (κ3) is 2.87. The van der Waals surface area contributed by atoms with Crippen LogP contribution in [0.1, 0.15) is 35.3 Å². The van der Waals surface area contributed by atoms with Gasteiger partial charge in [-0.1, -0.05) is 43.3 Å². The molecule has 0 aliphatic heterocycles. The summed E-state index contributed by atoms with van der Waals surface area (Å²) in [5.41, 5.74) is 3.70. The highest BCUT2D eigenvalue weighted by Gasteiger charge is 2.15. The molecule has 0 fully saturated rings. The Kier molecular flexibility index (Phi) is 3.94. The van der Waals surface area contributed by atoms with Crippen LogP contribution in [0.4, 0.5) is 0 Å². The van der Waals surface area contributed by atoms with Crippen molar-refractivity contribution < 1.29 is 4.79 Å². The number of amides is 1. The van der Waals surface area contributed by atoms with Crippen LogP contribution in [0.3, 0.4) is 0 Å². The van der Waals surface area contributed by atoms with E-state index in [1.807, 2.05) is 54.6 Å². The molecule has 0 radical (unpaired) electrons. The predicted molar refractivity (Wildman–Crippen MR) is 101 cm³/mol. The number of fused-ring (bicyclic) bond motifs is 3. The van der Waals surface area contributed by atoms with Gasteiger partial charge in [0, 0.05) is 28.0 Å². The number of rotatable bonds is 4. The summed E-state index contributed by atoms with van der Waals surface area (Å²) in [7, 11) is 0. The third-order valence-corrected chi connectivity index (χ3v) is 4.58. The van der Waals surface area contributed by atoms with Crippen molar-refractivity contribution in [2.75, 3.05) is 0 Å². The minimum Gasteiger partial charge on any atom is -0.353 e. The summed E-state index contributed by atoms with van der Waals surface area (Å²) in [5, 5.41) is 5.35. The van der Waals surface area contributed by atoms with Crippen LogP contribution in [-0.2, 0) is 0 Å². The third-order valence-electron chi connectivity index (χ3n) is 4.58. The lowest BCUT2D eigenvalue weighted by molar-refractivity contribution is 0.0935. The van der Waals surface area contributed by atoms with Gasteiger partial charge in [-0.3, -0.25) is 9.78 Å². The van der Waals surface area contributed by atoms with Crippen LogP contribution in [-0.4, -0.2) is 15.9 Å². The van der Waals surface area contributed by atoms with Crippen LogP contribution in [0.2, 0.25) is 0 Å². The number of benzene rings is 2. The van der Waals surface area contributed by atoms with Gasteiger partial charge in [0.2, 0.25) is 0 Å². The smallest absolute Gasteiger partial charge is 0.251 e. The molecule has 0 saturated carbocycles. The number of hydrogen-bond donors (Lipinski definition) is 2. The topological polar surface area (TPSA) is 57.8 Å². The fourth-order valence-electron chi connectivity index (χ4n) is 3.25. The molecule has 1 atom stereocenters. The number of nitrogens with one attached hydrogen (secondary N) is 2. The Labute approximate surface area is 145 Å². The minimum absolute atomic E-state index is 0.0105. The van der Waals surface area contributed by atoms with E-state index >= 15 is 0 Å². The number of nitrogens with zero attached hydrogens (tertiary/aromatic N) is 1. The number of H-pyrrole nitrogens is 1. The van der Waals surface area contributed by atoms with E-state index in [0.29, 0.717) is 5.56 Å². The van der Waals surface area contributed by atoms with E-state index in [1.165, 1.54) is 0 Å². The van der Waals surface area contributed by atoms with Crippen molar-refractivity contribution in [2.45, 2.75) is 19.4 Å². The summed E-state index contributed by atoms with van der Waals surface area (Å²) >= 11 is 0. The molecule has 0 saturated heterocycles. The lowest BCUT2D eigenvalue weighted by Crippen LogP contribution is -2.28. The maximum atomic E-state index is 12.7. The summed E-state index contributed by atoms with van der Waals surface area (Å²) < 4.78 is 0. The zero-order chi connectivity index (χ0) is 17.2. The van der Waals surface area contributed by atoms with Gasteiger partial charge in [0.25, 0.3) is 5.91 Å². The molecule has 4 rings (SSSR count). The Bertz CT molecular complexity index is 1040. The van der Waals surface area contributed by atoms with Crippen LogP contribution < -0.4 is 5.32 Å². The average molecular weight is 329 g/mol. The van der Waals surface area contributed by atoms with Gasteiger partial charge in [0.05, 0.1) is 17.8 Å². The van der Waals surface area contributed by atoms with Crippen LogP contribution in [0, 0.1) is 0 Å². The molecule has 0 aliphatic rings. The van der Waals surface area contributed by atoms with E-state index in [9.17, 15) is 4.79 Å². The first-order chi connectivity index (χ1) is 12.3. The molecule has 4 nitrogen and oxygen atoms in total. The molecule has 124 valence electrons. The molecule has 2 N–H and O–H groups in total. The summed E-state index contributed by atoms with van der Waals surface area (Å²) in [4.78, 5) is 20.2. The van der Waals surface area contributed by atoms with Crippen molar-refractivity contribution in [3.8, 4) is 0 Å². The zero-order valence-electron chi connectivity index (χ0n) is 14.0. The monoisotopic (exact) mass is 329 g/mol. The van der Waals surface area contributed by atoms with E-state index in [2.05, 4.69) is 22.2 Å². The first-order valence-electron chi connectivity index (χ1n) is 8.47. The highest BCUT2D eigenvalue weighted by Crippen LogP contribution is 2.25. The highest BCUT2D eigenvalue weighted by molar-refractivity contribution is 6.09. The van der Waals surface area contributed by atoms with Crippen LogP contribution in [0.25, 0.3) is 21.8 Å². The number of pyridine rings is 1. The molecule has 25 heavy (non-hydrogen) atoms. The van der Waals surface area contributed by atoms with Gasteiger partial charge in [0.1, 0.15) is 0 Å². The fraction of sp³-hybridized carbons (Fsp3) is 0.143. The fourth-order valence-corrected chi connectivity index (χ4v) is 3.25. The van der Waals surface area contributed by atoms with Crippen molar-refractivity contribution in [2.24, 2.45) is 0 Å². The molecule has 1 amide bonds. The maximum Gasteiger partial charge on any atom is 0.251 e. The van der Waals surface area contributed by atoms with E-state index < -0.39 is 0 Å². The van der Waals surface area contributed by atoms with Crippen molar-refractivity contribution in [1.29, 1.82) is 0 Å². The molecule has 4 aromatic rings. The van der Waals surface area contributed by atoms with E-state index in [0.717, 1.165) is 33.8 Å². The van der Waals surface area contributed by atoms with Crippen molar-refractivity contribution in [1.82, 2.24) is 15.3 Å². The molecule has 4 heteroatoms. The molecule has 0 spiro atoms. The van der Waals surface area contributed by atoms with Crippen LogP contribution >= 0.6 is 0 Å². The molecular formula is C21H19N3O. The summed E-state index contributed by atoms with van der Waals surface area (Å²) in [5.74, 6) is -0.0608. The van der Waals surface area contributed by atoms with Crippen molar-refractivity contribution in [3.05, 3.63) is 78.1 Å². The number of hydrogen-bond acceptors (Lipinski definition) is 2. The van der Waals surface area contributed by atoms with Crippen molar-refractivity contribution in [3.63, 3.8) is 0 Å². The summed E-state index contributed by atoms with van der Waals surface area (Å²) in [6.07, 6.45) is 4.43. The highest BCUT2D eigenvalue weighted by atomic mass is 16.1. The Morgan fingerprint density at radius 3 is 2.68 bits per heavy atom. The lowest BCUT2D eigenvalue weighted by Gasteiger charge is -2.17. The Morgan fingerprint density at radius 1 is 1.08 bits per heavy atom. The van der Waals surface area contributed by atoms with Gasteiger partial charge < -0.3 is 10.3 Å². The van der Waals surface area contributed by atoms with Gasteiger partial charge in [-0.25, -0.2) is 0 Å². The molecule has 2 aromatic carbocycles. The van der Waals surface area contributed by atoms with Gasteiger partial charge in [-0.15, -0.1) is 0 Å². The Balaban J connectivity index is 1.64. The number of aromatic amines is 1. The molecule has 1 unspecified atom stereocenters. The normalized spacial score (nSPS) is 12.4. The molecule has 0 bridgehead atoms. The average Bonchev–Trinajstić information content (AvgIpc) is 3.04. The number of aromatic nitrogens is 2. The van der Waals surface area contributed by atoms with Gasteiger partial charge in [0.15, 0.2) is 0 Å². The zero-order valence-corrected chi connectivity index (χ0v) is 14.0. The van der Waals surface area contributed by atoms with Crippen LogP contribution in [0.15, 0.2) is 67.0 Å². The molecule has 2 heterocycles. The Morgan fingerprint density at radius 2 is 1.88 bits per heavy atom. The van der Waals surface area contributed by atoms with Crippen molar-refractivity contribution >= 4 is 27.7 Å². The second-order valence-electron chi connectivity index (χ2n) is 6.15. The largest absolute Gasteiger partial charge is 0.353 e. The standard InChI is InChI=1S/C21H19N3O/c1-2-18(14-6-4-3-5-7-14)24-21(25)15-8-9-16-17-10-11-22-13-20(17)23-19(16)12-15/h3-13,18,23H,2H2,1H3,(H,24,25). The molecule has 2 aromatic heterocycles. The quantitative estimate of drug-likeness (QED) is 0.575. The SMILES string of the molecule is CCC(NC(=O)c1ccc2c(c1)[nH]c1cnccc12)c1ccccc1. The van der Waals surface area contributed by atoms with E-state index in [1.54, 1.807) is 12.4 Å². The van der Waals surface area contributed by atoms with Gasteiger partial charge >= 0.3 is 0 Å². The van der Waals surface area contributed by atoms with E-state index in [4.69, 9.17) is 0 Å². The number of carbonyl (C=O) groups is 1. The number of carbonyl (C=O) groups excluding carboxylic acids is 1. The van der Waals surface area contributed by atoms with Gasteiger partial charge in [-0.05, 0) is 30.2 Å².